The Labute approximate surface area is 250 Å². The van der Waals surface area contributed by atoms with Crippen LogP contribution in [0.1, 0.15) is 28.8 Å². The fourth-order valence-corrected chi connectivity index (χ4v) is 6.05. The number of hydrogen-bond donors (Lipinski definition) is 2. The van der Waals surface area contributed by atoms with Gasteiger partial charge < -0.3 is 15.1 Å². The van der Waals surface area contributed by atoms with Crippen LogP contribution in [-0.2, 0) is 14.8 Å². The van der Waals surface area contributed by atoms with Crippen LogP contribution in [0.25, 0.3) is 0 Å². The van der Waals surface area contributed by atoms with E-state index in [0.29, 0.717) is 55.6 Å². The number of carbonyl (C=O) groups is 2. The number of hydrogen-bond acceptors (Lipinski definition) is 7. The van der Waals surface area contributed by atoms with Crippen molar-refractivity contribution in [1.82, 2.24) is 9.80 Å². The Morgan fingerprint density at radius 2 is 1.44 bits per heavy atom. The number of rotatable bonds is 7. The Balaban J connectivity index is 1.07. The Hall–Kier alpha value is -4.77. The molecule has 0 unspecified atom stereocenters. The maximum absolute atomic E-state index is 13.1. The van der Waals surface area contributed by atoms with E-state index in [1.165, 1.54) is 0 Å². The van der Waals surface area contributed by atoms with Crippen LogP contribution in [0.15, 0.2) is 106 Å². The second-order valence-electron chi connectivity index (χ2n) is 10.7. The SMILES string of the molecule is O=C(c1ccc(NC2=NCC=CC(c3ccc(NS(=O)(=O)c4ccccc4)cc3)=N2)cc1)N1CCN(C(=O)C2CC2)CC1. The van der Waals surface area contributed by atoms with E-state index in [2.05, 4.69) is 20.0 Å². The molecule has 0 aromatic heterocycles. The number of anilines is 2. The van der Waals surface area contributed by atoms with Crippen LogP contribution < -0.4 is 10.0 Å². The first kappa shape index (κ1) is 28.4. The highest BCUT2D eigenvalue weighted by Gasteiger charge is 2.35. The van der Waals surface area contributed by atoms with Crippen molar-refractivity contribution in [3.05, 3.63) is 102 Å². The smallest absolute Gasteiger partial charge is 0.261 e. The molecule has 220 valence electrons. The summed E-state index contributed by atoms with van der Waals surface area (Å²) in [7, 11) is -3.68. The number of nitrogens with one attached hydrogen (secondary N) is 2. The van der Waals surface area contributed by atoms with Crippen molar-refractivity contribution in [3.8, 4) is 0 Å². The number of sulfonamides is 1. The lowest BCUT2D eigenvalue weighted by Crippen LogP contribution is -2.51. The molecule has 2 amide bonds. The van der Waals surface area contributed by atoms with Gasteiger partial charge in [0.05, 0.1) is 17.2 Å². The fourth-order valence-electron chi connectivity index (χ4n) is 4.97. The summed E-state index contributed by atoms with van der Waals surface area (Å²) in [5.41, 5.74) is 3.25. The molecule has 1 aliphatic carbocycles. The van der Waals surface area contributed by atoms with Gasteiger partial charge >= 0.3 is 0 Å². The second-order valence-corrected chi connectivity index (χ2v) is 12.3. The molecule has 43 heavy (non-hydrogen) atoms. The van der Waals surface area contributed by atoms with Crippen molar-refractivity contribution < 1.29 is 18.0 Å². The highest BCUT2D eigenvalue weighted by atomic mass is 32.2. The number of benzene rings is 3. The number of aliphatic imine (C=N–C) groups is 2. The number of allylic oxidation sites excluding steroid dienone is 1. The summed E-state index contributed by atoms with van der Waals surface area (Å²) in [5.74, 6) is 0.805. The molecule has 3 aliphatic rings. The molecular formula is C32H32N6O4S. The number of nitrogens with zero attached hydrogens (tertiary/aromatic N) is 4. The van der Waals surface area contributed by atoms with E-state index < -0.39 is 10.0 Å². The average Bonchev–Trinajstić information content (AvgIpc) is 3.90. The minimum atomic E-state index is -3.68. The van der Waals surface area contributed by atoms with Crippen molar-refractivity contribution in [2.45, 2.75) is 17.7 Å². The van der Waals surface area contributed by atoms with E-state index in [1.54, 1.807) is 71.6 Å². The molecule has 11 heteroatoms. The van der Waals surface area contributed by atoms with Crippen molar-refractivity contribution in [2.75, 3.05) is 42.8 Å². The third-order valence-corrected chi connectivity index (χ3v) is 8.93. The van der Waals surface area contributed by atoms with Crippen molar-refractivity contribution >= 4 is 44.9 Å². The summed E-state index contributed by atoms with van der Waals surface area (Å²) in [4.78, 5) is 38.4. The molecule has 2 N–H and O–H groups in total. The van der Waals surface area contributed by atoms with E-state index >= 15 is 0 Å². The first-order valence-electron chi connectivity index (χ1n) is 14.3. The normalized spacial score (nSPS) is 17.0. The third-order valence-electron chi connectivity index (χ3n) is 7.53. The van der Waals surface area contributed by atoms with Gasteiger partial charge in [0.2, 0.25) is 11.9 Å². The van der Waals surface area contributed by atoms with Gasteiger partial charge in [-0.25, -0.2) is 18.4 Å². The molecule has 6 rings (SSSR count). The van der Waals surface area contributed by atoms with Gasteiger partial charge in [-0.05, 0) is 67.4 Å². The number of amides is 2. The van der Waals surface area contributed by atoms with Gasteiger partial charge in [-0.2, -0.15) is 0 Å². The van der Waals surface area contributed by atoms with Crippen LogP contribution in [0, 0.1) is 5.92 Å². The van der Waals surface area contributed by atoms with Gasteiger partial charge in [-0.3, -0.25) is 14.3 Å². The summed E-state index contributed by atoms with van der Waals surface area (Å²) >= 11 is 0. The van der Waals surface area contributed by atoms with Gasteiger partial charge in [0.25, 0.3) is 15.9 Å². The van der Waals surface area contributed by atoms with Crippen molar-refractivity contribution in [2.24, 2.45) is 15.9 Å². The van der Waals surface area contributed by atoms with Crippen LogP contribution in [0.3, 0.4) is 0 Å². The summed E-state index contributed by atoms with van der Waals surface area (Å²) in [6.45, 7) is 2.69. The maximum atomic E-state index is 13.1. The van der Waals surface area contributed by atoms with Crippen LogP contribution >= 0.6 is 0 Å². The largest absolute Gasteiger partial charge is 0.339 e. The molecule has 10 nitrogen and oxygen atoms in total. The highest BCUT2D eigenvalue weighted by molar-refractivity contribution is 7.92. The summed E-state index contributed by atoms with van der Waals surface area (Å²) in [6, 6.07) is 22.4. The summed E-state index contributed by atoms with van der Waals surface area (Å²) in [6.07, 6.45) is 5.76. The summed E-state index contributed by atoms with van der Waals surface area (Å²) < 4.78 is 27.9. The zero-order valence-electron chi connectivity index (χ0n) is 23.5. The minimum Gasteiger partial charge on any atom is -0.339 e. The lowest BCUT2D eigenvalue weighted by molar-refractivity contribution is -0.134. The Kier molecular flexibility index (Phi) is 8.06. The average molecular weight is 597 g/mol. The topological polar surface area (TPSA) is 124 Å². The quantitative estimate of drug-likeness (QED) is 0.427. The standard InChI is InChI=1S/C32H32N6O4S/c39-30(24-8-9-24)37-19-21-38(22-20-37)31(40)25-12-14-26(15-13-25)34-32-33-18-4-7-29(35-32)23-10-16-27(17-11-23)36-43(41,42)28-5-2-1-3-6-28/h1-7,10-17,24,36H,8-9,18-22H2,(H,33,34). The lowest BCUT2D eigenvalue weighted by Gasteiger charge is -2.35. The predicted molar refractivity (Wildman–Crippen MR) is 167 cm³/mol. The number of piperazine rings is 1. The number of carbonyl (C=O) groups excluding carboxylic acids is 2. The molecule has 2 heterocycles. The Morgan fingerprint density at radius 3 is 2.12 bits per heavy atom. The molecule has 1 saturated carbocycles. The fraction of sp³-hybridized carbons (Fsp3) is 0.250. The molecule has 2 aliphatic heterocycles. The first-order valence-corrected chi connectivity index (χ1v) is 15.8. The molecule has 0 atom stereocenters. The highest BCUT2D eigenvalue weighted by Crippen LogP contribution is 2.31. The van der Waals surface area contributed by atoms with E-state index in [9.17, 15) is 18.0 Å². The van der Waals surface area contributed by atoms with Crippen molar-refractivity contribution in [1.29, 1.82) is 0 Å². The number of guanidine groups is 1. The van der Waals surface area contributed by atoms with Gasteiger partial charge in [0.15, 0.2) is 0 Å². The van der Waals surface area contributed by atoms with E-state index in [-0.39, 0.29) is 22.6 Å². The minimum absolute atomic E-state index is 0.0455. The predicted octanol–water partition coefficient (Wildman–Crippen LogP) is 4.01. The monoisotopic (exact) mass is 596 g/mol. The molecule has 3 aromatic carbocycles. The van der Waals surface area contributed by atoms with Crippen LogP contribution in [-0.4, -0.2) is 74.4 Å². The van der Waals surface area contributed by atoms with Gasteiger partial charge in [0, 0.05) is 54.6 Å². The van der Waals surface area contributed by atoms with Gasteiger partial charge in [-0.1, -0.05) is 36.4 Å². The Bertz CT molecular complexity index is 1690. The molecule has 3 aromatic rings. The maximum Gasteiger partial charge on any atom is 0.261 e. The van der Waals surface area contributed by atoms with E-state index in [1.807, 2.05) is 29.2 Å². The van der Waals surface area contributed by atoms with Gasteiger partial charge in [0.1, 0.15) is 0 Å². The Morgan fingerprint density at radius 1 is 0.791 bits per heavy atom. The van der Waals surface area contributed by atoms with Crippen LogP contribution in [0.2, 0.25) is 0 Å². The third kappa shape index (κ3) is 6.83. The van der Waals surface area contributed by atoms with E-state index in [4.69, 9.17) is 0 Å². The summed E-state index contributed by atoms with van der Waals surface area (Å²) in [5, 5.41) is 3.22. The van der Waals surface area contributed by atoms with Crippen molar-refractivity contribution in [3.63, 3.8) is 0 Å². The molecular weight excluding hydrogens is 564 g/mol. The second kappa shape index (κ2) is 12.2. The molecule has 0 bridgehead atoms. The zero-order chi connectivity index (χ0) is 29.8. The van der Waals surface area contributed by atoms with E-state index in [0.717, 1.165) is 24.1 Å². The zero-order valence-corrected chi connectivity index (χ0v) is 24.3. The molecule has 0 radical (unpaired) electrons. The first-order chi connectivity index (χ1) is 20.9. The molecule has 0 spiro atoms. The van der Waals surface area contributed by atoms with Crippen LogP contribution in [0.4, 0.5) is 11.4 Å². The van der Waals surface area contributed by atoms with Gasteiger partial charge in [-0.15, -0.1) is 0 Å². The van der Waals surface area contributed by atoms with Crippen LogP contribution in [0.5, 0.6) is 0 Å². The molecule has 1 saturated heterocycles. The lowest BCUT2D eigenvalue weighted by atomic mass is 10.1. The molecule has 2 fully saturated rings.